The molecular weight excluding hydrogens is 379 g/mol. The van der Waals surface area contributed by atoms with Gasteiger partial charge in [0.05, 0.1) is 16.6 Å². The summed E-state index contributed by atoms with van der Waals surface area (Å²) in [6.07, 6.45) is 7.63. The molecule has 8 heteroatoms. The predicted octanol–water partition coefficient (Wildman–Crippen LogP) is 2.70. The highest BCUT2D eigenvalue weighted by Gasteiger charge is 2.36. The van der Waals surface area contributed by atoms with Crippen LogP contribution in [0.3, 0.4) is 0 Å². The number of fused-ring (bicyclic) bond motifs is 6. The fourth-order valence-corrected chi connectivity index (χ4v) is 5.82. The van der Waals surface area contributed by atoms with E-state index in [0.717, 1.165) is 36.8 Å². The number of benzene rings is 1. The number of pyridine rings is 1. The van der Waals surface area contributed by atoms with Gasteiger partial charge in [0.15, 0.2) is 0 Å². The zero-order valence-electron chi connectivity index (χ0n) is 15.1. The number of aromatic amines is 1. The summed E-state index contributed by atoms with van der Waals surface area (Å²) >= 11 is 1.19. The van der Waals surface area contributed by atoms with Gasteiger partial charge in [-0.2, -0.15) is 0 Å². The van der Waals surface area contributed by atoms with E-state index in [1.807, 2.05) is 6.08 Å². The lowest BCUT2D eigenvalue weighted by atomic mass is 10.0. The first-order valence-electron chi connectivity index (χ1n) is 9.65. The molecule has 3 aromatic rings. The van der Waals surface area contributed by atoms with Crippen molar-refractivity contribution in [3.05, 3.63) is 44.1 Å². The number of nitrogens with one attached hydrogen (secondary N) is 1. The van der Waals surface area contributed by atoms with Crippen LogP contribution in [0.4, 0.5) is 10.1 Å². The molecular formula is C20H19FN4O2S. The molecule has 0 unspecified atom stereocenters. The smallest absolute Gasteiger partial charge is 0.271 e. The third kappa shape index (κ3) is 2.10. The van der Waals surface area contributed by atoms with Crippen molar-refractivity contribution in [2.75, 3.05) is 11.4 Å². The van der Waals surface area contributed by atoms with E-state index in [2.05, 4.69) is 19.9 Å². The number of halogens is 1. The molecule has 6 rings (SSSR count). The van der Waals surface area contributed by atoms with E-state index < -0.39 is 16.8 Å². The molecule has 2 aromatic heterocycles. The fourth-order valence-electron chi connectivity index (χ4n) is 4.91. The van der Waals surface area contributed by atoms with Gasteiger partial charge in [-0.25, -0.2) is 4.39 Å². The van der Waals surface area contributed by atoms with Crippen LogP contribution in [0.2, 0.25) is 0 Å². The van der Waals surface area contributed by atoms with Gasteiger partial charge >= 0.3 is 0 Å². The van der Waals surface area contributed by atoms with Crippen molar-refractivity contribution in [1.82, 2.24) is 8.94 Å². The van der Waals surface area contributed by atoms with E-state index >= 15 is 4.39 Å². The van der Waals surface area contributed by atoms with Crippen molar-refractivity contribution in [2.24, 2.45) is 5.73 Å². The van der Waals surface area contributed by atoms with Crippen LogP contribution in [0.1, 0.15) is 37.3 Å². The zero-order valence-corrected chi connectivity index (χ0v) is 15.9. The third-order valence-corrected chi connectivity index (χ3v) is 7.10. The number of nitrogens with zero attached hydrogens (tertiary/aromatic N) is 2. The molecule has 1 aromatic carbocycles. The molecule has 1 aliphatic carbocycles. The topological polar surface area (TPSA) is 84.1 Å². The van der Waals surface area contributed by atoms with Crippen LogP contribution >= 0.6 is 11.5 Å². The van der Waals surface area contributed by atoms with E-state index in [4.69, 9.17) is 5.73 Å². The highest BCUT2D eigenvalue weighted by Crippen LogP contribution is 2.44. The van der Waals surface area contributed by atoms with E-state index in [0.29, 0.717) is 17.1 Å². The Balaban J connectivity index is 1.81. The molecule has 2 aliphatic heterocycles. The Hall–Kier alpha value is -2.45. The molecule has 144 valence electrons. The molecule has 1 saturated heterocycles. The Kier molecular flexibility index (Phi) is 3.27. The number of hydrogen-bond donors (Lipinski definition) is 2. The Morgan fingerprint density at radius 3 is 2.86 bits per heavy atom. The quantitative estimate of drug-likeness (QED) is 0.660. The minimum absolute atomic E-state index is 0.0162. The fraction of sp³-hybridized carbons (Fsp3) is 0.400. The summed E-state index contributed by atoms with van der Waals surface area (Å²) in [4.78, 5) is 28.1. The Bertz CT molecular complexity index is 1300. The summed E-state index contributed by atoms with van der Waals surface area (Å²) in [7, 11) is 0. The van der Waals surface area contributed by atoms with Gasteiger partial charge < -0.3 is 15.2 Å². The van der Waals surface area contributed by atoms with Crippen LogP contribution < -0.4 is 21.6 Å². The van der Waals surface area contributed by atoms with Crippen LogP contribution in [-0.2, 0) is 0 Å². The van der Waals surface area contributed by atoms with Crippen molar-refractivity contribution in [3.63, 3.8) is 0 Å². The Labute approximate surface area is 163 Å². The standard InChI is InChI=1S/C20H19FN4O2S/c21-14-7-13-16(12-3-1-2-11-6-9(22)8-24(11)17(12)14)25(10-4-5-10)20-15(18(13)26)19(27)23-28-20/h1,3,7,9-11H,2,4-6,8,22H2,(H,23,27)/t9-,11+/m0/s1. The molecule has 1 saturated carbocycles. The van der Waals surface area contributed by atoms with E-state index in [9.17, 15) is 9.59 Å². The number of hydrogen-bond acceptors (Lipinski definition) is 5. The van der Waals surface area contributed by atoms with Crippen LogP contribution in [0, 0.1) is 5.82 Å². The maximum absolute atomic E-state index is 15.4. The van der Waals surface area contributed by atoms with E-state index in [-0.39, 0.29) is 28.9 Å². The van der Waals surface area contributed by atoms with Gasteiger partial charge in [0, 0.05) is 30.2 Å². The summed E-state index contributed by atoms with van der Waals surface area (Å²) in [5.74, 6) is -0.418. The van der Waals surface area contributed by atoms with Gasteiger partial charge in [-0.05, 0) is 43.3 Å². The van der Waals surface area contributed by atoms with Crippen molar-refractivity contribution in [3.8, 4) is 0 Å². The SMILES string of the molecule is N[C@H]1C[C@H]2CC=Cc3c(c(F)cc4c(=O)c5c(=O)[nH]sc5n(C5CC5)c34)N2C1. The van der Waals surface area contributed by atoms with Crippen LogP contribution in [0.15, 0.2) is 21.7 Å². The predicted molar refractivity (Wildman–Crippen MR) is 110 cm³/mol. The number of nitrogens with two attached hydrogens (primary N) is 1. The normalized spacial score (nSPS) is 24.0. The van der Waals surface area contributed by atoms with Crippen molar-refractivity contribution >= 4 is 44.4 Å². The molecule has 0 amide bonds. The largest absolute Gasteiger partial charge is 0.364 e. The average molecular weight is 398 g/mol. The second-order valence-electron chi connectivity index (χ2n) is 8.10. The zero-order chi connectivity index (χ0) is 19.2. The molecule has 2 atom stereocenters. The van der Waals surface area contributed by atoms with Gasteiger partial charge in [-0.1, -0.05) is 12.2 Å². The molecule has 0 spiro atoms. The highest BCUT2D eigenvalue weighted by atomic mass is 32.1. The first-order valence-corrected chi connectivity index (χ1v) is 10.5. The van der Waals surface area contributed by atoms with E-state index in [1.165, 1.54) is 17.6 Å². The summed E-state index contributed by atoms with van der Waals surface area (Å²) < 4.78 is 20.1. The molecule has 0 radical (unpaired) electrons. The summed E-state index contributed by atoms with van der Waals surface area (Å²) in [6, 6.07) is 1.75. The molecule has 0 bridgehead atoms. The molecule has 3 N–H and O–H groups in total. The van der Waals surface area contributed by atoms with E-state index in [1.54, 1.807) is 0 Å². The number of rotatable bonds is 1. The molecule has 6 nitrogen and oxygen atoms in total. The van der Waals surface area contributed by atoms with Gasteiger partial charge in [0.1, 0.15) is 16.0 Å². The number of aromatic nitrogens is 2. The van der Waals surface area contributed by atoms with Gasteiger partial charge in [-0.15, -0.1) is 0 Å². The van der Waals surface area contributed by atoms with Gasteiger partial charge in [-0.3, -0.25) is 14.0 Å². The lowest BCUT2D eigenvalue weighted by Gasteiger charge is -2.27. The minimum atomic E-state index is -0.418. The first-order chi connectivity index (χ1) is 13.5. The number of anilines is 1. The summed E-state index contributed by atoms with van der Waals surface area (Å²) in [5, 5.41) is 0.425. The van der Waals surface area contributed by atoms with Crippen molar-refractivity contribution in [2.45, 2.75) is 43.8 Å². The molecule has 28 heavy (non-hydrogen) atoms. The molecule has 4 heterocycles. The van der Waals surface area contributed by atoms with Gasteiger partial charge in [0.25, 0.3) is 5.56 Å². The first kappa shape index (κ1) is 16.5. The Morgan fingerprint density at radius 2 is 2.07 bits per heavy atom. The second-order valence-corrected chi connectivity index (χ2v) is 8.90. The summed E-state index contributed by atoms with van der Waals surface area (Å²) in [6.45, 7) is 0.606. The second kappa shape index (κ2) is 5.55. The highest BCUT2D eigenvalue weighted by molar-refractivity contribution is 7.12. The average Bonchev–Trinajstić information content (AvgIpc) is 3.36. The lowest BCUT2D eigenvalue weighted by molar-refractivity contribution is 0.606. The molecule has 2 fully saturated rings. The maximum Gasteiger partial charge on any atom is 0.271 e. The van der Waals surface area contributed by atoms with Crippen molar-refractivity contribution < 1.29 is 4.39 Å². The van der Waals surface area contributed by atoms with Crippen LogP contribution in [-0.4, -0.2) is 27.6 Å². The van der Waals surface area contributed by atoms with Crippen LogP contribution in [0.25, 0.3) is 27.2 Å². The van der Waals surface area contributed by atoms with Crippen LogP contribution in [0.5, 0.6) is 0 Å². The molecule has 3 aliphatic rings. The monoisotopic (exact) mass is 398 g/mol. The summed E-state index contributed by atoms with van der Waals surface area (Å²) in [5.41, 5.74) is 7.40. The maximum atomic E-state index is 15.4. The van der Waals surface area contributed by atoms with Crippen molar-refractivity contribution in [1.29, 1.82) is 0 Å². The van der Waals surface area contributed by atoms with Gasteiger partial charge in [0.2, 0.25) is 5.43 Å². The minimum Gasteiger partial charge on any atom is -0.364 e. The Morgan fingerprint density at radius 1 is 1.25 bits per heavy atom. The lowest BCUT2D eigenvalue weighted by Crippen LogP contribution is -2.31. The third-order valence-electron chi connectivity index (χ3n) is 6.21. The number of H-pyrrole nitrogens is 1.